The van der Waals surface area contributed by atoms with Crippen LogP contribution in [-0.4, -0.2) is 33.5 Å². The van der Waals surface area contributed by atoms with Crippen molar-refractivity contribution >= 4 is 23.4 Å². The van der Waals surface area contributed by atoms with Crippen LogP contribution in [0.2, 0.25) is 0 Å². The summed E-state index contributed by atoms with van der Waals surface area (Å²) in [6.07, 6.45) is 2.45. The molecular weight excluding hydrogens is 396 g/mol. The first-order valence-corrected chi connectivity index (χ1v) is 10.6. The number of nitrogens with one attached hydrogen (secondary N) is 1. The monoisotopic (exact) mass is 422 g/mol. The van der Waals surface area contributed by atoms with Crippen molar-refractivity contribution in [3.05, 3.63) is 77.6 Å². The number of hydrogen-bond acceptors (Lipinski definition) is 5. The zero-order chi connectivity index (χ0) is 21.5. The van der Waals surface area contributed by atoms with Gasteiger partial charge in [0.2, 0.25) is 5.91 Å². The third-order valence-corrected chi connectivity index (χ3v) is 5.67. The number of aryl methyl sites for hydroxylation is 2. The number of ether oxygens (including phenoxy) is 1. The Kier molecular flexibility index (Phi) is 7.30. The quantitative estimate of drug-likeness (QED) is 0.409. The summed E-state index contributed by atoms with van der Waals surface area (Å²) >= 11 is 1.37. The Morgan fingerprint density at radius 2 is 1.87 bits per heavy atom. The van der Waals surface area contributed by atoms with E-state index in [1.807, 2.05) is 67.0 Å². The Bertz CT molecular complexity index is 1010. The molecule has 156 valence electrons. The fraction of sp³-hybridized carbons (Fsp3) is 0.261. The molecule has 1 N–H and O–H groups in total. The van der Waals surface area contributed by atoms with Crippen LogP contribution >= 0.6 is 11.8 Å². The Hall–Kier alpha value is -3.06. The summed E-state index contributed by atoms with van der Waals surface area (Å²) in [6.45, 7) is 8.40. The molecule has 1 heterocycles. The number of carbonyl (C=O) groups excluding carboxylic acids is 1. The van der Waals surface area contributed by atoms with Crippen molar-refractivity contribution in [1.29, 1.82) is 0 Å². The second-order valence-corrected chi connectivity index (χ2v) is 7.87. The molecule has 6 nitrogen and oxygen atoms in total. The molecule has 0 spiro atoms. The largest absolute Gasteiger partial charge is 0.497 e. The van der Waals surface area contributed by atoms with Crippen molar-refractivity contribution in [3.63, 3.8) is 0 Å². The zero-order valence-electron chi connectivity index (χ0n) is 17.5. The van der Waals surface area contributed by atoms with Gasteiger partial charge in [-0.1, -0.05) is 48.2 Å². The summed E-state index contributed by atoms with van der Waals surface area (Å²) in [4.78, 5) is 12.5. The van der Waals surface area contributed by atoms with Crippen molar-refractivity contribution in [3.8, 4) is 5.75 Å². The maximum atomic E-state index is 12.5. The third kappa shape index (κ3) is 5.30. The molecule has 0 fully saturated rings. The fourth-order valence-electron chi connectivity index (χ4n) is 3.11. The van der Waals surface area contributed by atoms with Gasteiger partial charge in [0, 0.05) is 18.7 Å². The summed E-state index contributed by atoms with van der Waals surface area (Å²) in [5.41, 5.74) is 4.07. The van der Waals surface area contributed by atoms with Gasteiger partial charge in [0.15, 0.2) is 5.16 Å². The molecule has 0 saturated carbocycles. The molecule has 30 heavy (non-hydrogen) atoms. The normalized spacial score (nSPS) is 10.6. The van der Waals surface area contributed by atoms with E-state index < -0.39 is 0 Å². The molecule has 0 unspecified atom stereocenters. The number of nitrogens with zero attached hydrogens (tertiary/aromatic N) is 3. The highest BCUT2D eigenvalue weighted by Crippen LogP contribution is 2.22. The number of anilines is 1. The van der Waals surface area contributed by atoms with Gasteiger partial charge in [-0.05, 0) is 42.7 Å². The number of methoxy groups -OCH3 is 1. The molecule has 0 radical (unpaired) electrons. The number of thioether (sulfide) groups is 1. The fourth-order valence-corrected chi connectivity index (χ4v) is 3.88. The molecule has 0 saturated heterocycles. The standard InChI is InChI=1S/C23H26N4O2S/c1-5-13-27-20(14-18-9-11-19(29-4)12-10-18)25-26-23(27)30-15-21(28)24-22-16(2)7-6-8-17(22)3/h5-12H,1,13-15H2,2-4H3,(H,24,28). The molecule has 0 bridgehead atoms. The topological polar surface area (TPSA) is 69.0 Å². The first kappa shape index (κ1) is 21.6. The summed E-state index contributed by atoms with van der Waals surface area (Å²) in [7, 11) is 1.65. The lowest BCUT2D eigenvalue weighted by Gasteiger charge is -2.11. The van der Waals surface area contributed by atoms with Crippen LogP contribution in [0.25, 0.3) is 0 Å². The van der Waals surface area contributed by atoms with Crippen LogP contribution < -0.4 is 10.1 Å². The van der Waals surface area contributed by atoms with Crippen LogP contribution in [0.4, 0.5) is 5.69 Å². The lowest BCUT2D eigenvalue weighted by Crippen LogP contribution is -2.16. The number of rotatable bonds is 9. The van der Waals surface area contributed by atoms with E-state index in [0.29, 0.717) is 18.1 Å². The Morgan fingerprint density at radius 3 is 2.50 bits per heavy atom. The minimum atomic E-state index is -0.0674. The van der Waals surface area contributed by atoms with Gasteiger partial charge in [0.1, 0.15) is 11.6 Å². The second kappa shape index (κ2) is 10.1. The highest BCUT2D eigenvalue weighted by molar-refractivity contribution is 7.99. The van der Waals surface area contributed by atoms with Gasteiger partial charge in [0.05, 0.1) is 12.9 Å². The van der Waals surface area contributed by atoms with Crippen LogP contribution in [0.15, 0.2) is 60.3 Å². The summed E-state index contributed by atoms with van der Waals surface area (Å²) < 4.78 is 7.20. The van der Waals surface area contributed by atoms with E-state index >= 15 is 0 Å². The highest BCUT2D eigenvalue weighted by atomic mass is 32.2. The maximum Gasteiger partial charge on any atom is 0.234 e. The molecule has 2 aromatic carbocycles. The van der Waals surface area contributed by atoms with E-state index in [1.54, 1.807) is 7.11 Å². The predicted octanol–water partition coefficient (Wildman–Crippen LogP) is 4.41. The minimum Gasteiger partial charge on any atom is -0.497 e. The van der Waals surface area contributed by atoms with E-state index in [0.717, 1.165) is 34.0 Å². The highest BCUT2D eigenvalue weighted by Gasteiger charge is 2.15. The lowest BCUT2D eigenvalue weighted by molar-refractivity contribution is -0.113. The van der Waals surface area contributed by atoms with Gasteiger partial charge in [-0.15, -0.1) is 16.8 Å². The van der Waals surface area contributed by atoms with Crippen molar-refractivity contribution in [2.75, 3.05) is 18.2 Å². The molecule has 1 aromatic heterocycles. The minimum absolute atomic E-state index is 0.0674. The number of carbonyl (C=O) groups is 1. The van der Waals surface area contributed by atoms with Crippen LogP contribution in [0.5, 0.6) is 5.75 Å². The number of para-hydroxylation sites is 1. The number of amides is 1. The molecule has 1 amide bonds. The molecule has 0 atom stereocenters. The van der Waals surface area contributed by atoms with Crippen LogP contribution in [0, 0.1) is 13.8 Å². The van der Waals surface area contributed by atoms with Crippen molar-refractivity contribution in [1.82, 2.24) is 14.8 Å². The molecule has 0 aliphatic carbocycles. The molecular formula is C23H26N4O2S. The summed E-state index contributed by atoms with van der Waals surface area (Å²) in [5, 5.41) is 12.4. The van der Waals surface area contributed by atoms with Crippen molar-refractivity contribution in [2.24, 2.45) is 0 Å². The molecule has 0 aliphatic heterocycles. The predicted molar refractivity (Wildman–Crippen MR) is 121 cm³/mol. The second-order valence-electron chi connectivity index (χ2n) is 6.93. The van der Waals surface area contributed by atoms with Crippen molar-refractivity contribution in [2.45, 2.75) is 32.0 Å². The van der Waals surface area contributed by atoms with E-state index in [-0.39, 0.29) is 11.7 Å². The maximum absolute atomic E-state index is 12.5. The first-order chi connectivity index (χ1) is 14.5. The van der Waals surface area contributed by atoms with Crippen molar-refractivity contribution < 1.29 is 9.53 Å². The smallest absolute Gasteiger partial charge is 0.234 e. The van der Waals surface area contributed by atoms with Crippen LogP contribution in [0.3, 0.4) is 0 Å². The molecule has 3 rings (SSSR count). The number of hydrogen-bond donors (Lipinski definition) is 1. The molecule has 3 aromatic rings. The zero-order valence-corrected chi connectivity index (χ0v) is 18.3. The number of aromatic nitrogens is 3. The van der Waals surface area contributed by atoms with E-state index in [1.165, 1.54) is 11.8 Å². The summed E-state index contributed by atoms with van der Waals surface area (Å²) in [6, 6.07) is 13.8. The molecule has 7 heteroatoms. The van der Waals surface area contributed by atoms with Gasteiger partial charge >= 0.3 is 0 Å². The number of allylic oxidation sites excluding steroid dienone is 1. The first-order valence-electron chi connectivity index (χ1n) is 9.66. The average Bonchev–Trinajstić information content (AvgIpc) is 3.11. The van der Waals surface area contributed by atoms with Crippen LogP contribution in [0.1, 0.15) is 22.5 Å². The van der Waals surface area contributed by atoms with Gasteiger partial charge in [-0.25, -0.2) is 0 Å². The third-order valence-electron chi connectivity index (χ3n) is 4.70. The summed E-state index contributed by atoms with van der Waals surface area (Å²) in [5.74, 6) is 1.84. The van der Waals surface area contributed by atoms with Gasteiger partial charge in [-0.3, -0.25) is 4.79 Å². The Labute approximate surface area is 181 Å². The molecule has 0 aliphatic rings. The SMILES string of the molecule is C=CCn1c(Cc2ccc(OC)cc2)nnc1SCC(=O)Nc1c(C)cccc1C. The van der Waals surface area contributed by atoms with Gasteiger partial charge in [-0.2, -0.15) is 0 Å². The van der Waals surface area contributed by atoms with Gasteiger partial charge < -0.3 is 14.6 Å². The van der Waals surface area contributed by atoms with E-state index in [2.05, 4.69) is 22.1 Å². The van der Waals surface area contributed by atoms with Crippen LogP contribution in [-0.2, 0) is 17.8 Å². The average molecular weight is 423 g/mol. The Morgan fingerprint density at radius 1 is 1.17 bits per heavy atom. The number of benzene rings is 2. The van der Waals surface area contributed by atoms with Gasteiger partial charge in [0.25, 0.3) is 0 Å². The lowest BCUT2D eigenvalue weighted by atomic mass is 10.1. The Balaban J connectivity index is 1.68. The van der Waals surface area contributed by atoms with E-state index in [9.17, 15) is 4.79 Å². The van der Waals surface area contributed by atoms with E-state index in [4.69, 9.17) is 4.74 Å².